The molecule has 7 nitrogen and oxygen atoms in total. The van der Waals surface area contributed by atoms with Gasteiger partial charge in [-0.05, 0) is 99.1 Å². The molecule has 3 aliphatic rings. The molecule has 2 fully saturated rings. The molecule has 1 aromatic heterocycles. The number of aliphatic carboxylic acids is 1. The summed E-state index contributed by atoms with van der Waals surface area (Å²) in [5.74, 6) is -0.256. The second-order valence-electron chi connectivity index (χ2n) is 12.5. The van der Waals surface area contributed by atoms with Gasteiger partial charge in [0, 0.05) is 30.3 Å². The number of halogens is 3. The van der Waals surface area contributed by atoms with Gasteiger partial charge >= 0.3 is 12.3 Å². The number of alkyl halides is 3. The predicted molar refractivity (Wildman–Crippen MR) is 153 cm³/mol. The smallest absolute Gasteiger partial charge is 0.487 e. The van der Waals surface area contributed by atoms with Crippen LogP contribution in [0.15, 0.2) is 47.2 Å². The zero-order valence-electron chi connectivity index (χ0n) is 24.6. The minimum atomic E-state index is -4.81. The molecule has 0 bridgehead atoms. The Labute approximate surface area is 249 Å². The normalized spacial score (nSPS) is 20.6. The van der Waals surface area contributed by atoms with Crippen LogP contribution in [0, 0.1) is 18.8 Å². The van der Waals surface area contributed by atoms with Gasteiger partial charge in [-0.3, -0.25) is 9.69 Å². The number of hydrogen-bond donors (Lipinski definition) is 1. The number of piperidine rings is 1. The number of aryl methyl sites for hydroxylation is 2. The summed E-state index contributed by atoms with van der Waals surface area (Å²) >= 11 is 0. The van der Waals surface area contributed by atoms with Gasteiger partial charge in [0.2, 0.25) is 0 Å². The minimum Gasteiger partial charge on any atom is -0.487 e. The first-order chi connectivity index (χ1) is 20.4. The summed E-state index contributed by atoms with van der Waals surface area (Å²) < 4.78 is 56.2. The van der Waals surface area contributed by atoms with E-state index in [-0.39, 0.29) is 23.3 Å². The van der Waals surface area contributed by atoms with Crippen LogP contribution in [-0.2, 0) is 11.2 Å². The van der Waals surface area contributed by atoms with E-state index in [0.29, 0.717) is 35.8 Å². The Hall–Kier alpha value is -3.53. The lowest BCUT2D eigenvalue weighted by Gasteiger charge is -2.46. The molecule has 3 aromatic rings. The van der Waals surface area contributed by atoms with Crippen molar-refractivity contribution in [2.24, 2.45) is 11.8 Å². The molecule has 2 aliphatic heterocycles. The maximum Gasteiger partial charge on any atom is 0.573 e. The van der Waals surface area contributed by atoms with E-state index >= 15 is 0 Å². The van der Waals surface area contributed by atoms with Crippen molar-refractivity contribution in [1.82, 2.24) is 10.1 Å². The standard InChI is InChI=1S/C33H37F3N2O5/c1-19(31(39)40)30(23-5-6-23)25-7-4-22-10-11-32(42-29(22)17-25)12-14-38(15-13-32)21(3)26-16-24(27-18-41-37-20(27)2)8-9-28(26)43-33(34,35)36/h4,7-9,16-19,21,23,30H,5-6,10-15H2,1-3H3,(H,39,40)/t19-,21+,30?/m0/s1. The highest BCUT2D eigenvalue weighted by Crippen LogP contribution is 2.49. The van der Waals surface area contributed by atoms with Gasteiger partial charge in [0.15, 0.2) is 0 Å². The van der Waals surface area contributed by atoms with Gasteiger partial charge in [0.1, 0.15) is 23.4 Å². The van der Waals surface area contributed by atoms with Crippen molar-refractivity contribution in [2.45, 2.75) is 83.2 Å². The maximum atomic E-state index is 13.3. The van der Waals surface area contributed by atoms with E-state index in [0.717, 1.165) is 61.0 Å². The predicted octanol–water partition coefficient (Wildman–Crippen LogP) is 7.68. The molecular weight excluding hydrogens is 561 g/mol. The molecule has 43 heavy (non-hydrogen) atoms. The van der Waals surface area contributed by atoms with E-state index in [4.69, 9.17) is 9.26 Å². The van der Waals surface area contributed by atoms with Crippen molar-refractivity contribution in [3.8, 4) is 22.6 Å². The molecule has 0 amide bonds. The molecule has 1 saturated heterocycles. The summed E-state index contributed by atoms with van der Waals surface area (Å²) in [7, 11) is 0. The monoisotopic (exact) mass is 598 g/mol. The Morgan fingerprint density at radius 1 is 1.12 bits per heavy atom. The minimum absolute atomic E-state index is 0.0301. The summed E-state index contributed by atoms with van der Waals surface area (Å²) in [6.07, 6.45) is 1.99. The lowest BCUT2D eigenvalue weighted by molar-refractivity contribution is -0.275. The maximum absolute atomic E-state index is 13.3. The van der Waals surface area contributed by atoms with E-state index in [1.807, 2.05) is 6.92 Å². The van der Waals surface area contributed by atoms with Crippen LogP contribution in [0.25, 0.3) is 11.1 Å². The van der Waals surface area contributed by atoms with Crippen LogP contribution < -0.4 is 9.47 Å². The average Bonchev–Trinajstić information content (AvgIpc) is 3.71. The van der Waals surface area contributed by atoms with Gasteiger partial charge in [-0.25, -0.2) is 0 Å². The van der Waals surface area contributed by atoms with Crippen LogP contribution in [0.4, 0.5) is 13.2 Å². The number of fused-ring (bicyclic) bond motifs is 1. The van der Waals surface area contributed by atoms with Crippen molar-refractivity contribution < 1.29 is 37.1 Å². The van der Waals surface area contributed by atoms with E-state index in [1.54, 1.807) is 26.0 Å². The van der Waals surface area contributed by atoms with E-state index < -0.39 is 18.2 Å². The Morgan fingerprint density at radius 3 is 2.49 bits per heavy atom. The number of hydrogen-bond acceptors (Lipinski definition) is 6. The van der Waals surface area contributed by atoms with Crippen molar-refractivity contribution in [3.63, 3.8) is 0 Å². The molecule has 230 valence electrons. The third kappa shape index (κ3) is 6.12. The zero-order valence-corrected chi connectivity index (χ0v) is 24.6. The fourth-order valence-corrected chi connectivity index (χ4v) is 7.00. The summed E-state index contributed by atoms with van der Waals surface area (Å²) in [5.41, 5.74) is 4.35. The molecule has 3 atom stereocenters. The van der Waals surface area contributed by atoms with Crippen molar-refractivity contribution >= 4 is 5.97 Å². The fourth-order valence-electron chi connectivity index (χ4n) is 7.00. The van der Waals surface area contributed by atoms with Gasteiger partial charge in [-0.2, -0.15) is 0 Å². The molecule has 1 spiro atoms. The molecule has 3 heterocycles. The van der Waals surface area contributed by atoms with Crippen LogP contribution >= 0.6 is 0 Å². The number of ether oxygens (including phenoxy) is 2. The molecule has 10 heteroatoms. The number of aromatic nitrogens is 1. The van der Waals surface area contributed by atoms with E-state index in [1.165, 1.54) is 12.3 Å². The Kier molecular flexibility index (Phi) is 7.69. The molecule has 1 unspecified atom stereocenters. The van der Waals surface area contributed by atoms with Crippen molar-refractivity contribution in [1.29, 1.82) is 0 Å². The topological polar surface area (TPSA) is 85.0 Å². The summed E-state index contributed by atoms with van der Waals surface area (Å²) in [6, 6.07) is 10.6. The van der Waals surface area contributed by atoms with Crippen LogP contribution in [0.5, 0.6) is 11.5 Å². The number of rotatable bonds is 8. The number of carboxylic acids is 1. The van der Waals surface area contributed by atoms with Crippen LogP contribution in [0.2, 0.25) is 0 Å². The number of carboxylic acid groups (broad SMARTS) is 1. The Balaban J connectivity index is 1.20. The highest BCUT2D eigenvalue weighted by atomic mass is 19.4. The first-order valence-corrected chi connectivity index (χ1v) is 15.0. The lowest BCUT2D eigenvalue weighted by Crippen LogP contribution is -2.50. The van der Waals surface area contributed by atoms with Gasteiger partial charge in [-0.15, -0.1) is 13.2 Å². The second kappa shape index (κ2) is 11.2. The van der Waals surface area contributed by atoms with Crippen LogP contribution in [0.1, 0.15) is 80.3 Å². The van der Waals surface area contributed by atoms with E-state index in [9.17, 15) is 23.1 Å². The summed E-state index contributed by atoms with van der Waals surface area (Å²) in [5, 5.41) is 13.6. The SMILES string of the molecule is Cc1nocc1-c1ccc(OC(F)(F)F)c([C@@H](C)N2CCC3(CCc4ccc(C(C5CC5)[C@H](C)C(=O)O)cc4O3)CC2)c1. The molecule has 1 N–H and O–H groups in total. The highest BCUT2D eigenvalue weighted by Gasteiger charge is 2.43. The molecular formula is C33H37F3N2O5. The molecule has 0 radical (unpaired) electrons. The highest BCUT2D eigenvalue weighted by molar-refractivity contribution is 5.71. The zero-order chi connectivity index (χ0) is 30.5. The molecule has 1 aliphatic carbocycles. The summed E-state index contributed by atoms with van der Waals surface area (Å²) in [6.45, 7) is 6.79. The Bertz CT molecular complexity index is 1490. The first-order valence-electron chi connectivity index (χ1n) is 15.0. The van der Waals surface area contributed by atoms with Gasteiger partial charge in [0.25, 0.3) is 0 Å². The van der Waals surface area contributed by atoms with Crippen LogP contribution in [-0.4, -0.2) is 46.2 Å². The largest absolute Gasteiger partial charge is 0.573 e. The van der Waals surface area contributed by atoms with Crippen LogP contribution in [0.3, 0.4) is 0 Å². The lowest BCUT2D eigenvalue weighted by atomic mass is 9.80. The van der Waals surface area contributed by atoms with E-state index in [2.05, 4.69) is 33.0 Å². The molecule has 1 saturated carbocycles. The Morgan fingerprint density at radius 2 is 1.86 bits per heavy atom. The summed E-state index contributed by atoms with van der Waals surface area (Å²) in [4.78, 5) is 14.0. The number of carbonyl (C=O) groups is 1. The first kappa shape index (κ1) is 29.5. The molecule has 6 rings (SSSR count). The van der Waals surface area contributed by atoms with Gasteiger partial charge in [0.05, 0.1) is 11.6 Å². The third-order valence-electron chi connectivity index (χ3n) is 9.71. The van der Waals surface area contributed by atoms with Crippen molar-refractivity contribution in [2.75, 3.05) is 13.1 Å². The third-order valence-corrected chi connectivity index (χ3v) is 9.71. The fraction of sp³-hybridized carbons (Fsp3) is 0.515. The average molecular weight is 599 g/mol. The van der Waals surface area contributed by atoms with Gasteiger partial charge < -0.3 is 19.1 Å². The second-order valence-corrected chi connectivity index (χ2v) is 12.5. The quantitative estimate of drug-likeness (QED) is 0.285. The number of benzene rings is 2. The van der Waals surface area contributed by atoms with Crippen molar-refractivity contribution in [3.05, 3.63) is 65.0 Å². The molecule has 2 aromatic carbocycles. The number of likely N-dealkylation sites (tertiary alicyclic amines) is 1. The number of nitrogens with zero attached hydrogens (tertiary/aromatic N) is 2. The van der Waals surface area contributed by atoms with Gasteiger partial charge in [-0.1, -0.05) is 30.3 Å².